The summed E-state index contributed by atoms with van der Waals surface area (Å²) in [5.74, 6) is 0. The molecule has 0 aliphatic rings. The molecular formula is C20H14N4. The lowest BCUT2D eigenvalue weighted by atomic mass is 10.00. The van der Waals surface area contributed by atoms with Crippen LogP contribution in [0.25, 0.3) is 33.6 Å². The van der Waals surface area contributed by atoms with E-state index >= 15 is 0 Å². The molecule has 0 aliphatic heterocycles. The van der Waals surface area contributed by atoms with E-state index in [-0.39, 0.29) is 0 Å². The summed E-state index contributed by atoms with van der Waals surface area (Å²) in [6, 6.07) is 20.5. The smallest absolute Gasteiger partial charge is 0.116 e. The van der Waals surface area contributed by atoms with Gasteiger partial charge in [0.2, 0.25) is 0 Å². The topological polar surface area (TPSA) is 51.6 Å². The van der Waals surface area contributed by atoms with Crippen molar-refractivity contribution >= 4 is 0 Å². The fraction of sp³-hybridized carbons (Fsp3) is 0. The Balaban J connectivity index is 1.67. The second kappa shape index (κ2) is 6.38. The lowest BCUT2D eigenvalue weighted by Crippen LogP contribution is -1.86. The molecule has 0 radical (unpaired) electrons. The maximum absolute atomic E-state index is 4.31. The molecule has 4 rings (SSSR count). The summed E-state index contributed by atoms with van der Waals surface area (Å²) >= 11 is 0. The van der Waals surface area contributed by atoms with Gasteiger partial charge in [0.1, 0.15) is 12.7 Å². The van der Waals surface area contributed by atoms with Gasteiger partial charge in [0.05, 0.1) is 11.4 Å². The summed E-state index contributed by atoms with van der Waals surface area (Å²) in [6.45, 7) is 0. The Kier molecular flexibility index (Phi) is 3.78. The predicted octanol–water partition coefficient (Wildman–Crippen LogP) is 4.27. The number of hydrogen-bond donors (Lipinski definition) is 0. The summed E-state index contributed by atoms with van der Waals surface area (Å²) in [5, 5.41) is 0. The van der Waals surface area contributed by atoms with Crippen LogP contribution in [0.2, 0.25) is 0 Å². The second-order valence-electron chi connectivity index (χ2n) is 5.35. The van der Waals surface area contributed by atoms with Crippen LogP contribution in [-0.2, 0) is 0 Å². The first-order valence-electron chi connectivity index (χ1n) is 7.63. The van der Waals surface area contributed by atoms with Crippen LogP contribution >= 0.6 is 0 Å². The van der Waals surface area contributed by atoms with Crippen LogP contribution in [-0.4, -0.2) is 19.9 Å². The minimum absolute atomic E-state index is 0.921. The van der Waals surface area contributed by atoms with Gasteiger partial charge in [-0.3, -0.25) is 0 Å². The quantitative estimate of drug-likeness (QED) is 0.567. The van der Waals surface area contributed by atoms with E-state index in [2.05, 4.69) is 62.4 Å². The largest absolute Gasteiger partial charge is 0.245 e. The fourth-order valence-corrected chi connectivity index (χ4v) is 2.61. The van der Waals surface area contributed by atoms with Crippen molar-refractivity contribution in [2.45, 2.75) is 0 Å². The lowest BCUT2D eigenvalue weighted by Gasteiger charge is -2.06. The summed E-state index contributed by atoms with van der Waals surface area (Å²) in [4.78, 5) is 16.5. The first-order chi connectivity index (χ1) is 11.9. The maximum atomic E-state index is 4.31. The Morgan fingerprint density at radius 2 is 1.08 bits per heavy atom. The highest BCUT2D eigenvalue weighted by Crippen LogP contribution is 2.27. The molecule has 0 spiro atoms. The molecule has 0 amide bonds. The SMILES string of the molecule is c1cc(-c2ccc(-c3ccncn3)cc2)cc(-c2ccncn2)c1. The zero-order valence-corrected chi connectivity index (χ0v) is 12.9. The van der Waals surface area contributed by atoms with Crippen LogP contribution < -0.4 is 0 Å². The molecular weight excluding hydrogens is 296 g/mol. The highest BCUT2D eigenvalue weighted by atomic mass is 14.8. The average molecular weight is 310 g/mol. The van der Waals surface area contributed by atoms with E-state index in [1.165, 1.54) is 0 Å². The van der Waals surface area contributed by atoms with E-state index in [9.17, 15) is 0 Å². The standard InChI is InChI=1S/C20H14N4/c1-2-17(12-18(3-1)20-9-11-22-14-24-20)15-4-6-16(7-5-15)19-8-10-21-13-23-19/h1-14H. The minimum Gasteiger partial charge on any atom is -0.245 e. The van der Waals surface area contributed by atoms with Gasteiger partial charge in [0.25, 0.3) is 0 Å². The number of nitrogens with zero attached hydrogens (tertiary/aromatic N) is 4. The van der Waals surface area contributed by atoms with Crippen molar-refractivity contribution in [1.82, 2.24) is 19.9 Å². The molecule has 0 aliphatic carbocycles. The molecule has 0 saturated heterocycles. The normalized spacial score (nSPS) is 10.5. The fourth-order valence-electron chi connectivity index (χ4n) is 2.61. The first-order valence-corrected chi connectivity index (χ1v) is 7.63. The molecule has 4 aromatic rings. The first kappa shape index (κ1) is 14.2. The highest BCUT2D eigenvalue weighted by molar-refractivity contribution is 5.73. The Hall–Kier alpha value is -3.40. The van der Waals surface area contributed by atoms with Crippen molar-refractivity contribution < 1.29 is 0 Å². The summed E-state index contributed by atoms with van der Waals surface area (Å²) in [5.41, 5.74) is 6.31. The molecule has 0 N–H and O–H groups in total. The van der Waals surface area contributed by atoms with Crippen molar-refractivity contribution in [3.63, 3.8) is 0 Å². The van der Waals surface area contributed by atoms with Gasteiger partial charge < -0.3 is 0 Å². The minimum atomic E-state index is 0.921. The van der Waals surface area contributed by atoms with Gasteiger partial charge in [-0.2, -0.15) is 0 Å². The Bertz CT molecular complexity index is 936. The third kappa shape index (κ3) is 2.90. The van der Waals surface area contributed by atoms with E-state index in [0.29, 0.717) is 0 Å². The third-order valence-corrected chi connectivity index (χ3v) is 3.84. The van der Waals surface area contributed by atoms with Gasteiger partial charge in [-0.25, -0.2) is 19.9 Å². The summed E-state index contributed by atoms with van der Waals surface area (Å²) in [6.07, 6.45) is 6.64. The van der Waals surface area contributed by atoms with Gasteiger partial charge in [-0.1, -0.05) is 42.5 Å². The molecule has 24 heavy (non-hydrogen) atoms. The van der Waals surface area contributed by atoms with E-state index in [0.717, 1.165) is 33.6 Å². The molecule has 0 bridgehead atoms. The van der Waals surface area contributed by atoms with E-state index in [1.54, 1.807) is 25.0 Å². The van der Waals surface area contributed by atoms with E-state index in [1.807, 2.05) is 18.2 Å². The molecule has 0 fully saturated rings. The van der Waals surface area contributed by atoms with Gasteiger partial charge in [0.15, 0.2) is 0 Å². The molecule has 2 aromatic heterocycles. The molecule has 2 heterocycles. The zero-order chi connectivity index (χ0) is 16.2. The lowest BCUT2D eigenvalue weighted by molar-refractivity contribution is 1.17. The predicted molar refractivity (Wildman–Crippen MR) is 93.9 cm³/mol. The molecule has 2 aromatic carbocycles. The van der Waals surface area contributed by atoms with Crippen LogP contribution in [0, 0.1) is 0 Å². The Morgan fingerprint density at radius 1 is 0.500 bits per heavy atom. The van der Waals surface area contributed by atoms with Crippen molar-refractivity contribution in [2.75, 3.05) is 0 Å². The number of benzene rings is 2. The van der Waals surface area contributed by atoms with E-state index < -0.39 is 0 Å². The molecule has 0 unspecified atom stereocenters. The van der Waals surface area contributed by atoms with Crippen molar-refractivity contribution in [3.05, 3.63) is 85.7 Å². The molecule has 0 atom stereocenters. The maximum Gasteiger partial charge on any atom is 0.116 e. The average Bonchev–Trinajstić information content (AvgIpc) is 2.70. The van der Waals surface area contributed by atoms with Crippen molar-refractivity contribution in [2.24, 2.45) is 0 Å². The number of aromatic nitrogens is 4. The summed E-state index contributed by atoms with van der Waals surface area (Å²) in [7, 11) is 0. The molecule has 4 heteroatoms. The molecule has 114 valence electrons. The Labute approximate surface area is 139 Å². The zero-order valence-electron chi connectivity index (χ0n) is 12.9. The van der Waals surface area contributed by atoms with E-state index in [4.69, 9.17) is 0 Å². The van der Waals surface area contributed by atoms with Crippen molar-refractivity contribution in [3.8, 4) is 33.6 Å². The molecule has 0 saturated carbocycles. The third-order valence-electron chi connectivity index (χ3n) is 3.84. The highest BCUT2D eigenvalue weighted by Gasteiger charge is 2.04. The monoisotopic (exact) mass is 310 g/mol. The van der Waals surface area contributed by atoms with Crippen LogP contribution in [0.1, 0.15) is 0 Å². The van der Waals surface area contributed by atoms with Crippen LogP contribution in [0.4, 0.5) is 0 Å². The van der Waals surface area contributed by atoms with Crippen molar-refractivity contribution in [1.29, 1.82) is 0 Å². The van der Waals surface area contributed by atoms with Gasteiger partial charge in [0, 0.05) is 23.5 Å². The van der Waals surface area contributed by atoms with Gasteiger partial charge >= 0.3 is 0 Å². The number of hydrogen-bond acceptors (Lipinski definition) is 4. The molecule has 4 nitrogen and oxygen atoms in total. The summed E-state index contributed by atoms with van der Waals surface area (Å²) < 4.78 is 0. The van der Waals surface area contributed by atoms with Gasteiger partial charge in [-0.15, -0.1) is 0 Å². The number of rotatable bonds is 3. The van der Waals surface area contributed by atoms with Crippen LogP contribution in [0.3, 0.4) is 0 Å². The Morgan fingerprint density at radius 3 is 1.71 bits per heavy atom. The van der Waals surface area contributed by atoms with Crippen LogP contribution in [0.5, 0.6) is 0 Å². The van der Waals surface area contributed by atoms with Gasteiger partial charge in [-0.05, 0) is 29.3 Å². The van der Waals surface area contributed by atoms with Crippen LogP contribution in [0.15, 0.2) is 85.7 Å². The second-order valence-corrected chi connectivity index (χ2v) is 5.35.